The van der Waals surface area contributed by atoms with Crippen LogP contribution in [0.25, 0.3) is 0 Å². The van der Waals surface area contributed by atoms with E-state index in [2.05, 4.69) is 30.0 Å². The van der Waals surface area contributed by atoms with Gasteiger partial charge in [0.25, 0.3) is 0 Å². The highest BCUT2D eigenvalue weighted by atomic mass is 35.5. The van der Waals surface area contributed by atoms with Crippen LogP contribution in [-0.2, 0) is 13.6 Å². The van der Waals surface area contributed by atoms with Crippen LogP contribution in [0.2, 0.25) is 0 Å². The molecule has 2 N–H and O–H groups in total. The predicted octanol–water partition coefficient (Wildman–Crippen LogP) is 1.32. The topological polar surface area (TPSA) is 47.1 Å². The molecule has 2 rings (SSSR count). The van der Waals surface area contributed by atoms with E-state index in [9.17, 15) is 0 Å². The Kier molecular flexibility index (Phi) is 4.98. The molecular weight excluding hydrogens is 236 g/mol. The first-order valence-corrected chi connectivity index (χ1v) is 6.03. The average Bonchev–Trinajstić information content (AvgIpc) is 2.75. The monoisotopic (exact) mass is 258 g/mol. The first-order valence-electron chi connectivity index (χ1n) is 6.03. The molecule has 0 aliphatic carbocycles. The van der Waals surface area contributed by atoms with Crippen molar-refractivity contribution in [3.8, 4) is 0 Å². The predicted molar refractivity (Wildman–Crippen MR) is 72.2 cm³/mol. The van der Waals surface area contributed by atoms with Gasteiger partial charge in [-0.3, -0.25) is 9.58 Å². The molecular formula is C12H23ClN4. The maximum absolute atomic E-state index is 5.94. The minimum atomic E-state index is 0. The molecule has 2 unspecified atom stereocenters. The summed E-state index contributed by atoms with van der Waals surface area (Å²) in [5.74, 6) is 0.664. The molecule has 0 radical (unpaired) electrons. The van der Waals surface area contributed by atoms with Crippen molar-refractivity contribution in [2.24, 2.45) is 18.7 Å². The van der Waals surface area contributed by atoms with Gasteiger partial charge >= 0.3 is 0 Å². The van der Waals surface area contributed by atoms with Crippen molar-refractivity contribution in [2.45, 2.75) is 32.9 Å². The van der Waals surface area contributed by atoms with E-state index in [4.69, 9.17) is 5.73 Å². The largest absolute Gasteiger partial charge is 0.328 e. The zero-order chi connectivity index (χ0) is 11.7. The van der Waals surface area contributed by atoms with Crippen LogP contribution >= 0.6 is 12.4 Å². The first-order chi connectivity index (χ1) is 7.56. The summed E-state index contributed by atoms with van der Waals surface area (Å²) >= 11 is 0. The highest BCUT2D eigenvalue weighted by Gasteiger charge is 2.25. The van der Waals surface area contributed by atoms with E-state index < -0.39 is 0 Å². The van der Waals surface area contributed by atoms with Gasteiger partial charge in [-0.1, -0.05) is 0 Å². The highest BCUT2D eigenvalue weighted by Crippen LogP contribution is 2.21. The first kappa shape index (κ1) is 14.5. The lowest BCUT2D eigenvalue weighted by Crippen LogP contribution is -2.29. The van der Waals surface area contributed by atoms with Crippen LogP contribution in [0.3, 0.4) is 0 Å². The number of rotatable bonds is 3. The SMILES string of the molecule is Cc1nn(C)cc1CN1CCC(C(C)N)C1.Cl. The normalized spacial score (nSPS) is 22.5. The highest BCUT2D eigenvalue weighted by molar-refractivity contribution is 5.85. The zero-order valence-electron chi connectivity index (χ0n) is 10.9. The average molecular weight is 259 g/mol. The smallest absolute Gasteiger partial charge is 0.0638 e. The molecule has 0 saturated carbocycles. The Morgan fingerprint density at radius 1 is 1.59 bits per heavy atom. The van der Waals surface area contributed by atoms with Gasteiger partial charge in [0.1, 0.15) is 0 Å². The number of hydrogen-bond acceptors (Lipinski definition) is 3. The minimum absolute atomic E-state index is 0. The van der Waals surface area contributed by atoms with Crippen LogP contribution < -0.4 is 5.73 Å². The van der Waals surface area contributed by atoms with Crippen molar-refractivity contribution in [3.05, 3.63) is 17.5 Å². The number of aryl methyl sites for hydroxylation is 2. The van der Waals surface area contributed by atoms with Gasteiger partial charge in [0, 0.05) is 37.9 Å². The third kappa shape index (κ3) is 3.44. The molecule has 0 bridgehead atoms. The number of nitrogens with zero attached hydrogens (tertiary/aromatic N) is 3. The molecule has 5 heteroatoms. The van der Waals surface area contributed by atoms with Crippen molar-refractivity contribution in [1.82, 2.24) is 14.7 Å². The van der Waals surface area contributed by atoms with E-state index in [0.29, 0.717) is 12.0 Å². The van der Waals surface area contributed by atoms with Gasteiger partial charge in [-0.15, -0.1) is 12.4 Å². The Morgan fingerprint density at radius 2 is 2.29 bits per heavy atom. The van der Waals surface area contributed by atoms with Gasteiger partial charge < -0.3 is 5.73 Å². The van der Waals surface area contributed by atoms with Crippen LogP contribution in [0, 0.1) is 12.8 Å². The van der Waals surface area contributed by atoms with Crippen LogP contribution in [0.4, 0.5) is 0 Å². The van der Waals surface area contributed by atoms with Gasteiger partial charge in [-0.25, -0.2) is 0 Å². The summed E-state index contributed by atoms with van der Waals surface area (Å²) in [5, 5.41) is 4.37. The van der Waals surface area contributed by atoms with Crippen molar-refractivity contribution >= 4 is 12.4 Å². The molecule has 0 spiro atoms. The number of likely N-dealkylation sites (tertiary alicyclic amines) is 1. The van der Waals surface area contributed by atoms with Crippen LogP contribution in [0.1, 0.15) is 24.6 Å². The molecule has 1 fully saturated rings. The van der Waals surface area contributed by atoms with E-state index >= 15 is 0 Å². The second-order valence-corrected chi connectivity index (χ2v) is 5.06. The molecule has 0 aromatic carbocycles. The lowest BCUT2D eigenvalue weighted by Gasteiger charge is -2.17. The zero-order valence-corrected chi connectivity index (χ0v) is 11.7. The van der Waals surface area contributed by atoms with E-state index in [1.165, 1.54) is 18.5 Å². The lowest BCUT2D eigenvalue weighted by molar-refractivity contribution is 0.308. The van der Waals surface area contributed by atoms with Gasteiger partial charge in [0.2, 0.25) is 0 Å². The summed E-state index contributed by atoms with van der Waals surface area (Å²) < 4.78 is 1.89. The Hall–Kier alpha value is -0.580. The Morgan fingerprint density at radius 3 is 2.76 bits per heavy atom. The molecule has 2 heterocycles. The Bertz CT molecular complexity index is 361. The standard InChI is InChI=1S/C12H22N4.ClH/c1-9(13)11-4-5-16(7-11)8-12-6-15(3)14-10(12)2;/h6,9,11H,4-5,7-8,13H2,1-3H3;1H. The molecule has 1 aromatic heterocycles. The Labute approximate surface area is 110 Å². The molecule has 1 saturated heterocycles. The Balaban J connectivity index is 0.00000144. The molecule has 1 aromatic rings. The second-order valence-electron chi connectivity index (χ2n) is 5.06. The molecule has 2 atom stereocenters. The van der Waals surface area contributed by atoms with Crippen LogP contribution in [0.15, 0.2) is 6.20 Å². The van der Waals surface area contributed by atoms with Crippen LogP contribution in [-0.4, -0.2) is 33.8 Å². The van der Waals surface area contributed by atoms with E-state index in [1.54, 1.807) is 0 Å². The summed E-state index contributed by atoms with van der Waals surface area (Å²) in [6, 6.07) is 0.319. The summed E-state index contributed by atoms with van der Waals surface area (Å²) in [4.78, 5) is 2.48. The third-order valence-electron chi connectivity index (χ3n) is 3.56. The number of halogens is 1. The summed E-state index contributed by atoms with van der Waals surface area (Å²) in [6.45, 7) is 7.51. The number of nitrogens with two attached hydrogens (primary N) is 1. The molecule has 1 aliphatic rings. The maximum atomic E-state index is 5.94. The second kappa shape index (κ2) is 5.85. The molecule has 0 amide bonds. The fraction of sp³-hybridized carbons (Fsp3) is 0.750. The quantitative estimate of drug-likeness (QED) is 0.890. The van der Waals surface area contributed by atoms with Gasteiger partial charge in [0.15, 0.2) is 0 Å². The minimum Gasteiger partial charge on any atom is -0.328 e. The van der Waals surface area contributed by atoms with Crippen LogP contribution in [0.5, 0.6) is 0 Å². The van der Waals surface area contributed by atoms with Gasteiger partial charge in [0.05, 0.1) is 5.69 Å². The number of aromatic nitrogens is 2. The van der Waals surface area contributed by atoms with Crippen molar-refractivity contribution < 1.29 is 0 Å². The molecule has 1 aliphatic heterocycles. The fourth-order valence-corrected chi connectivity index (χ4v) is 2.48. The van der Waals surface area contributed by atoms with E-state index in [-0.39, 0.29) is 12.4 Å². The van der Waals surface area contributed by atoms with E-state index in [0.717, 1.165) is 18.8 Å². The summed E-state index contributed by atoms with van der Waals surface area (Å²) in [7, 11) is 1.98. The maximum Gasteiger partial charge on any atom is 0.0638 e. The lowest BCUT2D eigenvalue weighted by atomic mass is 10.0. The van der Waals surface area contributed by atoms with E-state index in [1.807, 2.05) is 11.7 Å². The molecule has 4 nitrogen and oxygen atoms in total. The summed E-state index contributed by atoms with van der Waals surface area (Å²) in [5.41, 5.74) is 8.43. The van der Waals surface area contributed by atoms with Gasteiger partial charge in [-0.2, -0.15) is 5.10 Å². The fourth-order valence-electron chi connectivity index (χ4n) is 2.48. The van der Waals surface area contributed by atoms with Crippen molar-refractivity contribution in [2.75, 3.05) is 13.1 Å². The number of hydrogen-bond donors (Lipinski definition) is 1. The van der Waals surface area contributed by atoms with Gasteiger partial charge in [-0.05, 0) is 32.7 Å². The molecule has 17 heavy (non-hydrogen) atoms. The summed E-state index contributed by atoms with van der Waals surface area (Å²) in [6.07, 6.45) is 3.35. The molecule has 98 valence electrons. The van der Waals surface area contributed by atoms with Crippen molar-refractivity contribution in [3.63, 3.8) is 0 Å². The van der Waals surface area contributed by atoms with Crippen molar-refractivity contribution in [1.29, 1.82) is 0 Å². The third-order valence-corrected chi connectivity index (χ3v) is 3.56.